The van der Waals surface area contributed by atoms with Gasteiger partial charge < -0.3 is 11.1 Å². The zero-order valence-electron chi connectivity index (χ0n) is 12.8. The quantitative estimate of drug-likeness (QED) is 0.868. The lowest BCUT2D eigenvalue weighted by Gasteiger charge is -2.36. The molecule has 3 nitrogen and oxygen atoms in total. The van der Waals surface area contributed by atoms with Crippen molar-refractivity contribution in [1.82, 2.24) is 0 Å². The van der Waals surface area contributed by atoms with E-state index in [1.165, 1.54) is 0 Å². The molecule has 0 saturated carbocycles. The van der Waals surface area contributed by atoms with Crippen molar-refractivity contribution >= 4 is 38.3 Å². The highest BCUT2D eigenvalue weighted by atomic mass is 79.9. The maximum Gasteiger partial charge on any atom is 0.231 e. The molecule has 0 aliphatic carbocycles. The second-order valence-corrected chi connectivity index (χ2v) is 7.42. The molecule has 0 saturated heterocycles. The SMILES string of the molecule is CC(C)(N)C(C)(C)C(=O)Nc1ccc2cc(Br)ccc2c1. The van der Waals surface area contributed by atoms with Crippen LogP contribution in [0.2, 0.25) is 0 Å². The second-order valence-electron chi connectivity index (χ2n) is 6.51. The predicted molar refractivity (Wildman–Crippen MR) is 92.3 cm³/mol. The van der Waals surface area contributed by atoms with E-state index in [4.69, 9.17) is 5.73 Å². The van der Waals surface area contributed by atoms with E-state index in [1.54, 1.807) is 0 Å². The van der Waals surface area contributed by atoms with Crippen molar-refractivity contribution in [1.29, 1.82) is 0 Å². The first-order chi connectivity index (χ1) is 9.61. The Morgan fingerprint density at radius 1 is 1.05 bits per heavy atom. The number of benzene rings is 2. The lowest BCUT2D eigenvalue weighted by atomic mass is 9.74. The van der Waals surface area contributed by atoms with Crippen LogP contribution < -0.4 is 11.1 Å². The van der Waals surface area contributed by atoms with E-state index in [-0.39, 0.29) is 5.91 Å². The number of hydrogen-bond acceptors (Lipinski definition) is 2. The first kappa shape index (κ1) is 16.0. The fourth-order valence-corrected chi connectivity index (χ4v) is 2.25. The fourth-order valence-electron chi connectivity index (χ4n) is 1.87. The highest BCUT2D eigenvalue weighted by molar-refractivity contribution is 9.10. The number of carbonyl (C=O) groups is 1. The molecule has 2 aromatic carbocycles. The van der Waals surface area contributed by atoms with Crippen LogP contribution in [0.3, 0.4) is 0 Å². The van der Waals surface area contributed by atoms with Crippen LogP contribution in [0.1, 0.15) is 27.7 Å². The molecule has 2 aromatic rings. The lowest BCUT2D eigenvalue weighted by Crippen LogP contribution is -2.53. The largest absolute Gasteiger partial charge is 0.326 e. The maximum atomic E-state index is 12.5. The normalized spacial score (nSPS) is 12.5. The minimum atomic E-state index is -0.665. The number of hydrogen-bond donors (Lipinski definition) is 2. The smallest absolute Gasteiger partial charge is 0.231 e. The molecule has 2 rings (SSSR count). The molecule has 1 amide bonds. The van der Waals surface area contributed by atoms with Gasteiger partial charge in [0, 0.05) is 15.7 Å². The Kier molecular flexibility index (Phi) is 4.13. The number of halogens is 1. The van der Waals surface area contributed by atoms with Gasteiger partial charge in [-0.05, 0) is 62.7 Å². The van der Waals surface area contributed by atoms with E-state index in [9.17, 15) is 4.79 Å². The Balaban J connectivity index is 2.28. The van der Waals surface area contributed by atoms with E-state index in [0.29, 0.717) is 0 Å². The number of nitrogens with one attached hydrogen (secondary N) is 1. The predicted octanol–water partition coefficient (Wildman–Crippen LogP) is 4.30. The molecule has 0 aliphatic heterocycles. The van der Waals surface area contributed by atoms with Crippen molar-refractivity contribution in [3.63, 3.8) is 0 Å². The summed E-state index contributed by atoms with van der Waals surface area (Å²) in [4.78, 5) is 12.5. The van der Waals surface area contributed by atoms with Crippen LogP contribution in [0.15, 0.2) is 40.9 Å². The second kappa shape index (κ2) is 5.43. The van der Waals surface area contributed by atoms with Gasteiger partial charge >= 0.3 is 0 Å². The van der Waals surface area contributed by atoms with Crippen molar-refractivity contribution in [3.05, 3.63) is 40.9 Å². The van der Waals surface area contributed by atoms with Crippen LogP contribution in [0.5, 0.6) is 0 Å². The maximum absolute atomic E-state index is 12.5. The first-order valence-corrected chi connectivity index (χ1v) is 7.70. The number of carbonyl (C=O) groups excluding carboxylic acids is 1. The van der Waals surface area contributed by atoms with E-state index in [0.717, 1.165) is 20.9 Å². The third-order valence-corrected chi connectivity index (χ3v) is 4.73. The van der Waals surface area contributed by atoms with Crippen molar-refractivity contribution in [3.8, 4) is 0 Å². The molecule has 112 valence electrons. The zero-order valence-corrected chi connectivity index (χ0v) is 14.4. The summed E-state index contributed by atoms with van der Waals surface area (Å²) in [6, 6.07) is 11.9. The summed E-state index contributed by atoms with van der Waals surface area (Å²) in [5.74, 6) is -0.0774. The van der Waals surface area contributed by atoms with Crippen LogP contribution in [0.25, 0.3) is 10.8 Å². The van der Waals surface area contributed by atoms with Gasteiger partial charge in [-0.1, -0.05) is 28.1 Å². The van der Waals surface area contributed by atoms with Crippen LogP contribution in [0.4, 0.5) is 5.69 Å². The topological polar surface area (TPSA) is 55.1 Å². The van der Waals surface area contributed by atoms with Gasteiger partial charge in [0.05, 0.1) is 5.41 Å². The number of nitrogens with two attached hydrogens (primary N) is 1. The molecule has 21 heavy (non-hydrogen) atoms. The molecule has 0 radical (unpaired) electrons. The van der Waals surface area contributed by atoms with Gasteiger partial charge in [-0.25, -0.2) is 0 Å². The van der Waals surface area contributed by atoms with Gasteiger partial charge in [0.25, 0.3) is 0 Å². The standard InChI is InChI=1S/C17H21BrN2O/c1-16(2,17(3,4)19)15(21)20-14-8-6-11-9-13(18)7-5-12(11)10-14/h5-10H,19H2,1-4H3,(H,20,21). The summed E-state index contributed by atoms with van der Waals surface area (Å²) >= 11 is 3.46. The average Bonchev–Trinajstić information content (AvgIpc) is 2.37. The molecule has 0 bridgehead atoms. The van der Waals surface area contributed by atoms with E-state index < -0.39 is 11.0 Å². The Bertz CT molecular complexity index is 687. The lowest BCUT2D eigenvalue weighted by molar-refractivity contribution is -0.126. The molecule has 0 unspecified atom stereocenters. The van der Waals surface area contributed by atoms with Gasteiger partial charge in [-0.3, -0.25) is 4.79 Å². The van der Waals surface area contributed by atoms with Crippen molar-refractivity contribution in [2.45, 2.75) is 33.2 Å². The third kappa shape index (κ3) is 3.27. The summed E-state index contributed by atoms with van der Waals surface area (Å²) < 4.78 is 1.04. The minimum absolute atomic E-state index is 0.0774. The van der Waals surface area contributed by atoms with Gasteiger partial charge in [0.1, 0.15) is 0 Å². The molecule has 0 spiro atoms. The molecule has 4 heteroatoms. The first-order valence-electron chi connectivity index (χ1n) is 6.91. The van der Waals surface area contributed by atoms with Crippen molar-refractivity contribution in [2.24, 2.45) is 11.1 Å². The molecule has 0 heterocycles. The van der Waals surface area contributed by atoms with Gasteiger partial charge in [0.15, 0.2) is 0 Å². The summed E-state index contributed by atoms with van der Waals surface area (Å²) in [5, 5.41) is 5.17. The third-order valence-electron chi connectivity index (χ3n) is 4.24. The van der Waals surface area contributed by atoms with Crippen LogP contribution in [-0.2, 0) is 4.79 Å². The molecule has 0 aromatic heterocycles. The number of fused-ring (bicyclic) bond motifs is 1. The Morgan fingerprint density at radius 2 is 1.62 bits per heavy atom. The summed E-state index contributed by atoms with van der Waals surface area (Å²) in [6.45, 7) is 7.45. The summed E-state index contributed by atoms with van der Waals surface area (Å²) in [7, 11) is 0. The van der Waals surface area contributed by atoms with E-state index in [1.807, 2.05) is 64.1 Å². The van der Waals surface area contributed by atoms with Crippen LogP contribution >= 0.6 is 15.9 Å². The molecular formula is C17H21BrN2O. The monoisotopic (exact) mass is 348 g/mol. The highest BCUT2D eigenvalue weighted by Gasteiger charge is 2.40. The molecular weight excluding hydrogens is 328 g/mol. The van der Waals surface area contributed by atoms with Crippen molar-refractivity contribution < 1.29 is 4.79 Å². The number of anilines is 1. The average molecular weight is 349 g/mol. The summed E-state index contributed by atoms with van der Waals surface area (Å²) in [6.07, 6.45) is 0. The van der Waals surface area contributed by atoms with Crippen LogP contribution in [-0.4, -0.2) is 11.4 Å². The number of rotatable bonds is 3. The Hall–Kier alpha value is -1.39. The Morgan fingerprint density at radius 3 is 2.24 bits per heavy atom. The van der Waals surface area contributed by atoms with Gasteiger partial charge in [0.2, 0.25) is 5.91 Å². The van der Waals surface area contributed by atoms with Crippen molar-refractivity contribution in [2.75, 3.05) is 5.32 Å². The zero-order chi connectivity index (χ0) is 15.8. The molecule has 3 N–H and O–H groups in total. The summed E-state index contributed by atoms with van der Waals surface area (Å²) in [5.41, 5.74) is 5.63. The molecule has 0 fully saturated rings. The Labute approximate surface area is 134 Å². The molecule has 0 atom stereocenters. The van der Waals surface area contributed by atoms with E-state index in [2.05, 4.69) is 21.2 Å². The number of amides is 1. The minimum Gasteiger partial charge on any atom is -0.326 e. The van der Waals surface area contributed by atoms with Crippen LogP contribution in [0, 0.1) is 5.41 Å². The molecule has 0 aliphatic rings. The van der Waals surface area contributed by atoms with Gasteiger partial charge in [-0.2, -0.15) is 0 Å². The highest BCUT2D eigenvalue weighted by Crippen LogP contribution is 2.30. The fraction of sp³-hybridized carbons (Fsp3) is 0.353. The van der Waals surface area contributed by atoms with Gasteiger partial charge in [-0.15, -0.1) is 0 Å². The van der Waals surface area contributed by atoms with E-state index >= 15 is 0 Å².